The molecule has 1 N–H and O–H groups in total. The number of carbonyl (C=O) groups excluding carboxylic acids is 1. The second-order valence-electron chi connectivity index (χ2n) is 11.4. The molecule has 0 radical (unpaired) electrons. The number of fused-ring (bicyclic) bond motifs is 1. The molecule has 2 aliphatic carbocycles. The van der Waals surface area contributed by atoms with Crippen molar-refractivity contribution in [3.05, 3.63) is 23.0 Å². The number of nitrogens with zero attached hydrogens (tertiary/aromatic N) is 4. The Morgan fingerprint density at radius 3 is 2.41 bits per heavy atom. The highest BCUT2D eigenvalue weighted by Gasteiger charge is 2.31. The molecule has 0 bridgehead atoms. The highest BCUT2D eigenvalue weighted by atomic mass is 16.1. The minimum Gasteiger partial charge on any atom is -0.349 e. The summed E-state index contributed by atoms with van der Waals surface area (Å²) in [5, 5.41) is 9.09. The number of amides is 1. The van der Waals surface area contributed by atoms with Gasteiger partial charge in [-0.1, -0.05) is 12.8 Å². The maximum atomic E-state index is 13.5. The molecule has 3 heterocycles. The van der Waals surface area contributed by atoms with E-state index in [0.29, 0.717) is 5.92 Å². The standard InChI is InChI=1S/C26H39N5O/c1-17-23-21(15-22(19-9-10-19)28-24(23)31(29-17)26(2,3)4)25(32)27-20-11-13-30(14-12-20)16-18-7-5-6-8-18/h15,18-20H,5-14,16H2,1-4H3,(H,27,32). The molecule has 3 aliphatic rings. The molecule has 2 saturated carbocycles. The topological polar surface area (TPSA) is 63.1 Å². The Labute approximate surface area is 192 Å². The van der Waals surface area contributed by atoms with Crippen LogP contribution in [-0.2, 0) is 5.54 Å². The first-order valence-electron chi connectivity index (χ1n) is 12.7. The number of rotatable bonds is 5. The highest BCUT2D eigenvalue weighted by molar-refractivity contribution is 6.06. The first kappa shape index (κ1) is 21.9. The maximum absolute atomic E-state index is 13.5. The minimum absolute atomic E-state index is 0.0464. The van der Waals surface area contributed by atoms with Gasteiger partial charge in [-0.05, 0) is 78.2 Å². The second kappa shape index (κ2) is 8.44. The largest absolute Gasteiger partial charge is 0.349 e. The molecule has 3 fully saturated rings. The number of carbonyl (C=O) groups is 1. The van der Waals surface area contributed by atoms with E-state index in [9.17, 15) is 4.79 Å². The molecule has 0 aromatic carbocycles. The van der Waals surface area contributed by atoms with Crippen LogP contribution in [0.1, 0.15) is 99.8 Å². The third kappa shape index (κ3) is 4.43. The molecule has 0 spiro atoms. The Morgan fingerprint density at radius 1 is 1.09 bits per heavy atom. The van der Waals surface area contributed by atoms with Gasteiger partial charge >= 0.3 is 0 Å². The molecule has 1 amide bonds. The van der Waals surface area contributed by atoms with Gasteiger partial charge in [0.1, 0.15) is 0 Å². The fourth-order valence-corrected chi connectivity index (χ4v) is 5.62. The Kier molecular flexibility index (Phi) is 5.77. The van der Waals surface area contributed by atoms with Crippen LogP contribution in [0.25, 0.3) is 11.0 Å². The highest BCUT2D eigenvalue weighted by Crippen LogP contribution is 2.41. The number of hydrogen-bond acceptors (Lipinski definition) is 4. The SMILES string of the molecule is Cc1nn(C(C)(C)C)c2nc(C3CC3)cc(C(=O)NC3CCN(CC4CCCC4)CC3)c12. The van der Waals surface area contributed by atoms with E-state index in [4.69, 9.17) is 10.1 Å². The summed E-state index contributed by atoms with van der Waals surface area (Å²) in [5.74, 6) is 1.44. The average molecular weight is 438 g/mol. The minimum atomic E-state index is -0.179. The van der Waals surface area contributed by atoms with E-state index >= 15 is 0 Å². The summed E-state index contributed by atoms with van der Waals surface area (Å²) in [4.78, 5) is 21.1. The predicted octanol–water partition coefficient (Wildman–Crippen LogP) is 4.76. The molecule has 1 saturated heterocycles. The van der Waals surface area contributed by atoms with Crippen molar-refractivity contribution >= 4 is 16.9 Å². The first-order chi connectivity index (χ1) is 15.3. The van der Waals surface area contributed by atoms with Crippen molar-refractivity contribution in [2.24, 2.45) is 5.92 Å². The van der Waals surface area contributed by atoms with E-state index in [1.807, 2.05) is 17.7 Å². The molecule has 32 heavy (non-hydrogen) atoms. The fraction of sp³-hybridized carbons (Fsp3) is 0.731. The van der Waals surface area contributed by atoms with Gasteiger partial charge in [0.05, 0.1) is 22.2 Å². The van der Waals surface area contributed by atoms with Gasteiger partial charge in [0, 0.05) is 37.3 Å². The summed E-state index contributed by atoms with van der Waals surface area (Å²) in [6.07, 6.45) is 10.0. The molecular formula is C26H39N5O. The van der Waals surface area contributed by atoms with E-state index in [0.717, 1.165) is 59.8 Å². The smallest absolute Gasteiger partial charge is 0.252 e. The lowest BCUT2D eigenvalue weighted by Crippen LogP contribution is -2.45. The zero-order chi connectivity index (χ0) is 22.5. The Bertz CT molecular complexity index is 986. The Morgan fingerprint density at radius 2 is 1.78 bits per heavy atom. The normalized spacial score (nSPS) is 21.5. The zero-order valence-electron chi connectivity index (χ0n) is 20.3. The molecule has 2 aromatic rings. The Balaban J connectivity index is 1.34. The summed E-state index contributed by atoms with van der Waals surface area (Å²) in [6, 6.07) is 2.31. The fourth-order valence-electron chi connectivity index (χ4n) is 5.62. The average Bonchev–Trinajstić information content (AvgIpc) is 3.37. The number of hydrogen-bond donors (Lipinski definition) is 1. The molecule has 0 unspecified atom stereocenters. The van der Waals surface area contributed by atoms with Gasteiger partial charge in [-0.25, -0.2) is 9.67 Å². The van der Waals surface area contributed by atoms with Crippen molar-refractivity contribution in [1.29, 1.82) is 0 Å². The number of aromatic nitrogens is 3. The van der Waals surface area contributed by atoms with Crippen LogP contribution < -0.4 is 5.32 Å². The lowest BCUT2D eigenvalue weighted by molar-refractivity contribution is 0.0907. The summed E-state index contributed by atoms with van der Waals surface area (Å²) < 4.78 is 2.00. The molecule has 6 heteroatoms. The van der Waals surface area contributed by atoms with Crippen LogP contribution in [0.15, 0.2) is 6.07 Å². The van der Waals surface area contributed by atoms with E-state index < -0.39 is 0 Å². The van der Waals surface area contributed by atoms with E-state index in [1.165, 1.54) is 45.1 Å². The van der Waals surface area contributed by atoms with Crippen LogP contribution in [0.4, 0.5) is 0 Å². The van der Waals surface area contributed by atoms with Crippen LogP contribution in [-0.4, -0.2) is 51.2 Å². The van der Waals surface area contributed by atoms with Crippen LogP contribution >= 0.6 is 0 Å². The third-order valence-electron chi connectivity index (χ3n) is 7.62. The van der Waals surface area contributed by atoms with Gasteiger partial charge in [0.25, 0.3) is 5.91 Å². The number of nitrogens with one attached hydrogen (secondary N) is 1. The predicted molar refractivity (Wildman–Crippen MR) is 128 cm³/mol. The van der Waals surface area contributed by atoms with Gasteiger partial charge in [-0.3, -0.25) is 4.79 Å². The molecule has 5 rings (SSSR count). The zero-order valence-corrected chi connectivity index (χ0v) is 20.3. The van der Waals surface area contributed by atoms with Crippen molar-refractivity contribution in [1.82, 2.24) is 25.0 Å². The lowest BCUT2D eigenvalue weighted by atomic mass is 10.0. The summed E-state index contributed by atoms with van der Waals surface area (Å²) >= 11 is 0. The Hall–Kier alpha value is -1.95. The molecular weight excluding hydrogens is 398 g/mol. The molecule has 174 valence electrons. The summed E-state index contributed by atoms with van der Waals surface area (Å²) in [7, 11) is 0. The van der Waals surface area contributed by atoms with Crippen LogP contribution in [0, 0.1) is 12.8 Å². The van der Waals surface area contributed by atoms with Crippen LogP contribution in [0.5, 0.6) is 0 Å². The summed E-state index contributed by atoms with van der Waals surface area (Å²) in [6.45, 7) is 11.9. The monoisotopic (exact) mass is 437 g/mol. The van der Waals surface area contributed by atoms with Gasteiger partial charge in [-0.15, -0.1) is 0 Å². The van der Waals surface area contributed by atoms with Crippen LogP contribution in [0.3, 0.4) is 0 Å². The second-order valence-corrected chi connectivity index (χ2v) is 11.4. The van der Waals surface area contributed by atoms with Gasteiger partial charge in [0.15, 0.2) is 5.65 Å². The number of pyridine rings is 1. The van der Waals surface area contributed by atoms with Gasteiger partial charge in [-0.2, -0.15) is 5.10 Å². The number of likely N-dealkylation sites (tertiary alicyclic amines) is 1. The number of aryl methyl sites for hydroxylation is 1. The molecule has 0 atom stereocenters. The van der Waals surface area contributed by atoms with Gasteiger partial charge in [0.2, 0.25) is 0 Å². The van der Waals surface area contributed by atoms with Crippen molar-refractivity contribution in [3.8, 4) is 0 Å². The quantitative estimate of drug-likeness (QED) is 0.733. The van der Waals surface area contributed by atoms with Crippen molar-refractivity contribution < 1.29 is 4.79 Å². The van der Waals surface area contributed by atoms with Crippen molar-refractivity contribution in [2.45, 2.75) is 96.6 Å². The summed E-state index contributed by atoms with van der Waals surface area (Å²) in [5.41, 5.74) is 3.39. The molecule has 1 aliphatic heterocycles. The van der Waals surface area contributed by atoms with E-state index in [-0.39, 0.29) is 17.5 Å². The molecule has 2 aromatic heterocycles. The van der Waals surface area contributed by atoms with E-state index in [2.05, 4.69) is 31.0 Å². The van der Waals surface area contributed by atoms with Crippen molar-refractivity contribution in [3.63, 3.8) is 0 Å². The van der Waals surface area contributed by atoms with Crippen molar-refractivity contribution in [2.75, 3.05) is 19.6 Å². The van der Waals surface area contributed by atoms with E-state index in [1.54, 1.807) is 0 Å². The third-order valence-corrected chi connectivity index (χ3v) is 7.62. The maximum Gasteiger partial charge on any atom is 0.252 e. The number of piperidine rings is 1. The first-order valence-corrected chi connectivity index (χ1v) is 12.7. The van der Waals surface area contributed by atoms with Crippen LogP contribution in [0.2, 0.25) is 0 Å². The van der Waals surface area contributed by atoms with Gasteiger partial charge < -0.3 is 10.2 Å². The molecule has 6 nitrogen and oxygen atoms in total. The lowest BCUT2D eigenvalue weighted by Gasteiger charge is -2.33.